The largest absolute Gasteiger partial charge is 0.414 e. The zero-order valence-electron chi connectivity index (χ0n) is 12.0. The van der Waals surface area contributed by atoms with Crippen LogP contribution in [0.25, 0.3) is 0 Å². The molecule has 126 valence electrons. The first-order valence-corrected chi connectivity index (χ1v) is 8.36. The van der Waals surface area contributed by atoms with E-state index in [1.165, 1.54) is 24.3 Å². The number of alkyl halides is 3. The predicted octanol–water partition coefficient (Wildman–Crippen LogP) is 1.88. The van der Waals surface area contributed by atoms with Gasteiger partial charge in [0, 0.05) is 13.1 Å². The molecule has 1 aromatic carbocycles. The van der Waals surface area contributed by atoms with Gasteiger partial charge in [0.05, 0.1) is 10.5 Å². The Morgan fingerprint density at radius 3 is 2.35 bits per heavy atom. The van der Waals surface area contributed by atoms with Gasteiger partial charge in [0.1, 0.15) is 6.07 Å². The lowest BCUT2D eigenvalue weighted by atomic mass is 9.92. The molecule has 0 bridgehead atoms. The van der Waals surface area contributed by atoms with Crippen molar-refractivity contribution in [1.29, 1.82) is 5.26 Å². The van der Waals surface area contributed by atoms with Gasteiger partial charge < -0.3 is 5.11 Å². The van der Waals surface area contributed by atoms with E-state index < -0.39 is 28.2 Å². The molecule has 2 rings (SSSR count). The van der Waals surface area contributed by atoms with Crippen LogP contribution in [0.15, 0.2) is 29.2 Å². The highest BCUT2D eigenvalue weighted by atomic mass is 32.2. The molecule has 0 saturated carbocycles. The van der Waals surface area contributed by atoms with E-state index in [9.17, 15) is 26.7 Å². The molecule has 1 aliphatic heterocycles. The van der Waals surface area contributed by atoms with Crippen LogP contribution < -0.4 is 0 Å². The molecule has 1 N–H and O–H groups in total. The van der Waals surface area contributed by atoms with Gasteiger partial charge in [0.15, 0.2) is 6.10 Å². The summed E-state index contributed by atoms with van der Waals surface area (Å²) in [5.41, 5.74) is -0.00931. The van der Waals surface area contributed by atoms with Crippen molar-refractivity contribution in [2.24, 2.45) is 5.92 Å². The summed E-state index contributed by atoms with van der Waals surface area (Å²) in [5, 5.41) is 18.3. The van der Waals surface area contributed by atoms with Crippen LogP contribution in [0.2, 0.25) is 0 Å². The van der Waals surface area contributed by atoms with Gasteiger partial charge >= 0.3 is 6.18 Å². The smallest absolute Gasteiger partial charge is 0.383 e. The van der Waals surface area contributed by atoms with Gasteiger partial charge in [-0.15, -0.1) is 0 Å². The van der Waals surface area contributed by atoms with E-state index in [4.69, 9.17) is 5.26 Å². The van der Waals surface area contributed by atoms with Crippen molar-refractivity contribution in [3.8, 4) is 6.07 Å². The van der Waals surface area contributed by atoms with Crippen LogP contribution in [0, 0.1) is 17.2 Å². The summed E-state index contributed by atoms with van der Waals surface area (Å²) in [6.07, 6.45) is -7.33. The van der Waals surface area contributed by atoms with Crippen molar-refractivity contribution < 1.29 is 26.7 Å². The Kier molecular flexibility index (Phi) is 4.98. The molecule has 1 unspecified atom stereocenters. The van der Waals surface area contributed by atoms with Crippen LogP contribution in [-0.2, 0) is 10.0 Å². The van der Waals surface area contributed by atoms with Crippen LogP contribution in [0.1, 0.15) is 18.4 Å². The van der Waals surface area contributed by atoms with Crippen LogP contribution >= 0.6 is 0 Å². The van der Waals surface area contributed by atoms with E-state index in [1.54, 1.807) is 6.07 Å². The first kappa shape index (κ1) is 17.7. The molecule has 0 aliphatic carbocycles. The Morgan fingerprint density at radius 1 is 1.26 bits per heavy atom. The molecule has 0 aromatic heterocycles. The monoisotopic (exact) mass is 348 g/mol. The number of hydrogen-bond donors (Lipinski definition) is 1. The lowest BCUT2D eigenvalue weighted by Crippen LogP contribution is -2.45. The van der Waals surface area contributed by atoms with E-state index in [1.807, 2.05) is 0 Å². The maximum absolute atomic E-state index is 12.5. The zero-order valence-corrected chi connectivity index (χ0v) is 12.8. The highest BCUT2D eigenvalue weighted by Crippen LogP contribution is 2.33. The second-order valence-electron chi connectivity index (χ2n) is 5.34. The van der Waals surface area contributed by atoms with Crippen LogP contribution in [-0.4, -0.2) is 43.2 Å². The summed E-state index contributed by atoms with van der Waals surface area (Å²) in [5.74, 6) is -1.02. The predicted molar refractivity (Wildman–Crippen MR) is 74.7 cm³/mol. The Labute approximate surface area is 132 Å². The molecule has 0 amide bonds. The Morgan fingerprint density at radius 2 is 1.83 bits per heavy atom. The standard InChI is InChI=1S/C14H15F3N2O3S/c15-14(16,17)13(20)10-5-7-19(8-6-10)23(21,22)12-4-2-1-3-11(12)9-18/h1-4,10,13,20H,5-8H2. The summed E-state index contributed by atoms with van der Waals surface area (Å²) >= 11 is 0. The molecule has 23 heavy (non-hydrogen) atoms. The van der Waals surface area contributed by atoms with E-state index >= 15 is 0 Å². The van der Waals surface area contributed by atoms with E-state index in [2.05, 4.69) is 0 Å². The first-order valence-electron chi connectivity index (χ1n) is 6.92. The lowest BCUT2D eigenvalue weighted by molar-refractivity contribution is -0.222. The maximum Gasteiger partial charge on any atom is 0.414 e. The van der Waals surface area contributed by atoms with E-state index in [-0.39, 0.29) is 36.4 Å². The molecule has 1 atom stereocenters. The van der Waals surface area contributed by atoms with Gasteiger partial charge in [0.2, 0.25) is 10.0 Å². The van der Waals surface area contributed by atoms with Gasteiger partial charge in [-0.1, -0.05) is 12.1 Å². The topological polar surface area (TPSA) is 81.4 Å². The lowest BCUT2D eigenvalue weighted by Gasteiger charge is -2.34. The summed E-state index contributed by atoms with van der Waals surface area (Å²) in [6, 6.07) is 7.47. The van der Waals surface area contributed by atoms with Gasteiger partial charge in [-0.2, -0.15) is 22.7 Å². The molecule has 0 spiro atoms. The molecule has 1 fully saturated rings. The van der Waals surface area contributed by atoms with Gasteiger partial charge in [-0.05, 0) is 30.9 Å². The van der Waals surface area contributed by atoms with E-state index in [0.29, 0.717) is 0 Å². The van der Waals surface area contributed by atoms with Gasteiger partial charge in [-0.25, -0.2) is 8.42 Å². The normalized spacial score (nSPS) is 19.3. The highest BCUT2D eigenvalue weighted by Gasteiger charge is 2.45. The molecule has 1 heterocycles. The summed E-state index contributed by atoms with van der Waals surface area (Å²) in [7, 11) is -3.94. The number of nitriles is 1. The number of rotatable bonds is 3. The summed E-state index contributed by atoms with van der Waals surface area (Å²) < 4.78 is 63.7. The third-order valence-corrected chi connectivity index (χ3v) is 5.86. The minimum absolute atomic E-state index is 0.00931. The molecule has 1 saturated heterocycles. The Bertz CT molecular complexity index is 705. The van der Waals surface area contributed by atoms with Crippen molar-refractivity contribution in [2.75, 3.05) is 13.1 Å². The highest BCUT2D eigenvalue weighted by molar-refractivity contribution is 7.89. The number of benzene rings is 1. The van der Waals surface area contributed by atoms with Crippen molar-refractivity contribution in [2.45, 2.75) is 30.0 Å². The third-order valence-electron chi connectivity index (χ3n) is 3.91. The average molecular weight is 348 g/mol. The second kappa shape index (κ2) is 6.47. The minimum Gasteiger partial charge on any atom is -0.383 e. The van der Waals surface area contributed by atoms with Gasteiger partial charge in [-0.3, -0.25) is 0 Å². The van der Waals surface area contributed by atoms with Gasteiger partial charge in [0.25, 0.3) is 0 Å². The fraction of sp³-hybridized carbons (Fsp3) is 0.500. The molecule has 1 aromatic rings. The SMILES string of the molecule is N#Cc1ccccc1S(=O)(=O)N1CCC(C(O)C(F)(F)F)CC1. The number of sulfonamides is 1. The van der Waals surface area contributed by atoms with E-state index in [0.717, 1.165) is 4.31 Å². The second-order valence-corrected chi connectivity index (χ2v) is 7.24. The average Bonchev–Trinajstić information content (AvgIpc) is 2.53. The number of nitrogens with zero attached hydrogens (tertiary/aromatic N) is 2. The van der Waals surface area contributed by atoms with Crippen molar-refractivity contribution in [1.82, 2.24) is 4.31 Å². The number of halogens is 3. The fourth-order valence-corrected chi connectivity index (χ4v) is 4.23. The fourth-order valence-electron chi connectivity index (χ4n) is 2.62. The van der Waals surface area contributed by atoms with Crippen LogP contribution in [0.4, 0.5) is 13.2 Å². The Hall–Kier alpha value is -1.63. The molecule has 1 aliphatic rings. The summed E-state index contributed by atoms with van der Waals surface area (Å²) in [4.78, 5) is -0.155. The first-order chi connectivity index (χ1) is 10.7. The Balaban J connectivity index is 2.15. The number of hydrogen-bond acceptors (Lipinski definition) is 4. The van der Waals surface area contributed by atoms with Crippen molar-refractivity contribution in [3.63, 3.8) is 0 Å². The minimum atomic E-state index is -4.71. The molecule has 9 heteroatoms. The quantitative estimate of drug-likeness (QED) is 0.904. The summed E-state index contributed by atoms with van der Waals surface area (Å²) in [6.45, 7) is -0.250. The van der Waals surface area contributed by atoms with Crippen LogP contribution in [0.5, 0.6) is 0 Å². The molecule has 5 nitrogen and oxygen atoms in total. The van der Waals surface area contributed by atoms with Crippen molar-refractivity contribution in [3.05, 3.63) is 29.8 Å². The third kappa shape index (κ3) is 3.65. The molecular weight excluding hydrogens is 333 g/mol. The molecular formula is C14H15F3N2O3S. The number of piperidine rings is 1. The maximum atomic E-state index is 12.5. The zero-order chi connectivity index (χ0) is 17.3. The van der Waals surface area contributed by atoms with Crippen molar-refractivity contribution >= 4 is 10.0 Å². The number of aliphatic hydroxyl groups excluding tert-OH is 1. The molecule has 0 radical (unpaired) electrons. The number of aliphatic hydroxyl groups is 1. The van der Waals surface area contributed by atoms with Crippen LogP contribution in [0.3, 0.4) is 0 Å².